The molecule has 1 aromatic carbocycles. The lowest BCUT2D eigenvalue weighted by Crippen LogP contribution is -2.25. The SMILES string of the molecule is CCCC(=O)C[S+]1CCCCC1.Cc1ccc(S(=O)(=O)[O-])cc1. The van der Waals surface area contributed by atoms with Gasteiger partial charge in [0.2, 0.25) is 0 Å². The number of benzene rings is 1. The Labute approximate surface area is 142 Å². The van der Waals surface area contributed by atoms with Crippen molar-refractivity contribution in [1.29, 1.82) is 0 Å². The molecule has 0 spiro atoms. The summed E-state index contributed by atoms with van der Waals surface area (Å²) in [4.78, 5) is 11.1. The summed E-state index contributed by atoms with van der Waals surface area (Å²) in [6.45, 7) is 3.91. The minimum atomic E-state index is -4.27. The van der Waals surface area contributed by atoms with Gasteiger partial charge in [-0.3, -0.25) is 4.79 Å². The van der Waals surface area contributed by atoms with E-state index < -0.39 is 10.1 Å². The van der Waals surface area contributed by atoms with Crippen molar-refractivity contribution < 1.29 is 17.8 Å². The maximum Gasteiger partial charge on any atom is 0.181 e. The Kier molecular flexibility index (Phi) is 8.87. The number of hydrogen-bond acceptors (Lipinski definition) is 4. The van der Waals surface area contributed by atoms with Crippen LogP contribution in [0.15, 0.2) is 29.2 Å². The molecule has 2 rings (SSSR count). The Morgan fingerprint density at radius 1 is 1.13 bits per heavy atom. The number of carbonyl (C=O) groups is 1. The minimum absolute atomic E-state index is 0.178. The van der Waals surface area contributed by atoms with Crippen LogP contribution in [0, 0.1) is 6.92 Å². The van der Waals surface area contributed by atoms with E-state index >= 15 is 0 Å². The fourth-order valence-electron chi connectivity index (χ4n) is 2.32. The smallest absolute Gasteiger partial charge is 0.181 e. The summed E-state index contributed by atoms with van der Waals surface area (Å²) >= 11 is 0. The molecule has 0 amide bonds. The van der Waals surface area contributed by atoms with Crippen molar-refractivity contribution >= 4 is 26.8 Å². The summed E-state index contributed by atoms with van der Waals surface area (Å²) in [5.41, 5.74) is 0.928. The molecule has 6 heteroatoms. The average molecular weight is 359 g/mol. The van der Waals surface area contributed by atoms with E-state index in [9.17, 15) is 17.8 Å². The Morgan fingerprint density at radius 3 is 2.17 bits per heavy atom. The van der Waals surface area contributed by atoms with Crippen LogP contribution in [0.1, 0.15) is 44.6 Å². The monoisotopic (exact) mass is 358 g/mol. The standard InChI is InChI=1S/C10H19OS.C7H8O3S/c1-2-6-10(11)9-12-7-4-3-5-8-12;1-6-2-4-7(5-3-6)11(8,9)10/h2-9H2,1H3;2-5H,1H3,(H,8,9,10)/q+1;/p-1. The molecule has 0 aromatic heterocycles. The second-order valence-corrected chi connectivity index (χ2v) is 9.49. The molecule has 0 aliphatic carbocycles. The van der Waals surface area contributed by atoms with Gasteiger partial charge in [0.15, 0.2) is 11.5 Å². The maximum absolute atomic E-state index is 11.3. The minimum Gasteiger partial charge on any atom is -0.744 e. The summed E-state index contributed by atoms with van der Waals surface area (Å²) in [6, 6.07) is 5.78. The van der Waals surface area contributed by atoms with Crippen LogP contribution in [0.2, 0.25) is 0 Å². The molecule has 0 radical (unpaired) electrons. The van der Waals surface area contributed by atoms with Gasteiger partial charge in [0.05, 0.1) is 4.90 Å². The highest BCUT2D eigenvalue weighted by atomic mass is 32.2. The Bertz CT molecular complexity index is 573. The van der Waals surface area contributed by atoms with Crippen LogP contribution in [-0.2, 0) is 25.8 Å². The predicted octanol–water partition coefficient (Wildman–Crippen LogP) is 3.06. The molecule has 0 unspecified atom stereocenters. The Balaban J connectivity index is 0.000000231. The molecule has 0 N–H and O–H groups in total. The maximum atomic E-state index is 11.3. The molecule has 1 heterocycles. The fourth-order valence-corrected chi connectivity index (χ4v) is 5.11. The van der Waals surface area contributed by atoms with Crippen molar-refractivity contribution in [2.24, 2.45) is 0 Å². The van der Waals surface area contributed by atoms with Gasteiger partial charge in [-0.25, -0.2) is 8.42 Å². The first-order valence-electron chi connectivity index (χ1n) is 8.01. The summed E-state index contributed by atoms with van der Waals surface area (Å²) in [5.74, 6) is 4.06. The third-order valence-electron chi connectivity index (χ3n) is 3.57. The van der Waals surface area contributed by atoms with E-state index in [1.807, 2.05) is 6.92 Å². The largest absolute Gasteiger partial charge is 0.744 e. The van der Waals surface area contributed by atoms with E-state index in [4.69, 9.17) is 0 Å². The van der Waals surface area contributed by atoms with E-state index in [0.29, 0.717) is 16.7 Å². The van der Waals surface area contributed by atoms with E-state index in [0.717, 1.165) is 24.2 Å². The van der Waals surface area contributed by atoms with Crippen LogP contribution in [0.5, 0.6) is 0 Å². The first kappa shape index (κ1) is 20.2. The van der Waals surface area contributed by atoms with E-state index in [2.05, 4.69) is 6.92 Å². The lowest BCUT2D eigenvalue weighted by Gasteiger charge is -2.12. The molecule has 1 aromatic rings. The molecule has 1 saturated heterocycles. The zero-order chi connectivity index (χ0) is 17.3. The summed E-state index contributed by atoms with van der Waals surface area (Å²) in [6.07, 6.45) is 5.95. The molecule has 1 aliphatic heterocycles. The van der Waals surface area contributed by atoms with Gasteiger partial charge in [0.1, 0.15) is 21.6 Å². The molecular formula is C17H26O4S2. The highest BCUT2D eigenvalue weighted by Gasteiger charge is 2.24. The number of carbonyl (C=O) groups excluding carboxylic acids is 1. The van der Waals surface area contributed by atoms with Gasteiger partial charge in [-0.1, -0.05) is 24.6 Å². The molecule has 0 bridgehead atoms. The predicted molar refractivity (Wildman–Crippen MR) is 94.9 cm³/mol. The van der Waals surface area contributed by atoms with Crippen molar-refractivity contribution in [1.82, 2.24) is 0 Å². The van der Waals surface area contributed by atoms with Gasteiger partial charge in [0, 0.05) is 6.42 Å². The van der Waals surface area contributed by atoms with E-state index in [1.165, 1.54) is 42.9 Å². The topological polar surface area (TPSA) is 74.3 Å². The van der Waals surface area contributed by atoms with Crippen molar-refractivity contribution in [2.75, 3.05) is 17.3 Å². The first-order chi connectivity index (χ1) is 10.8. The van der Waals surface area contributed by atoms with Crippen molar-refractivity contribution in [3.05, 3.63) is 29.8 Å². The third-order valence-corrected chi connectivity index (χ3v) is 6.88. The van der Waals surface area contributed by atoms with Gasteiger partial charge in [-0.15, -0.1) is 0 Å². The Hall–Kier alpha value is -0.850. The van der Waals surface area contributed by atoms with Crippen LogP contribution in [-0.4, -0.2) is 36.0 Å². The molecule has 0 saturated carbocycles. The van der Waals surface area contributed by atoms with E-state index in [1.54, 1.807) is 12.1 Å². The number of hydrogen-bond donors (Lipinski definition) is 0. The molecule has 1 fully saturated rings. The number of Topliss-reactive ketones (excluding diaryl/α,β-unsaturated/α-hetero) is 1. The van der Waals surface area contributed by atoms with Crippen LogP contribution in [0.25, 0.3) is 0 Å². The number of ketones is 1. The van der Waals surface area contributed by atoms with Crippen LogP contribution < -0.4 is 0 Å². The fraction of sp³-hybridized carbons (Fsp3) is 0.588. The number of rotatable bonds is 5. The summed E-state index contributed by atoms with van der Waals surface area (Å²) in [5, 5.41) is 0. The van der Waals surface area contributed by atoms with E-state index in [-0.39, 0.29) is 4.90 Å². The second-order valence-electron chi connectivity index (χ2n) is 5.78. The van der Waals surface area contributed by atoms with Gasteiger partial charge in [-0.05, 0) is 55.6 Å². The number of aryl methyl sites for hydroxylation is 1. The lowest BCUT2D eigenvalue weighted by molar-refractivity contribution is -0.116. The third kappa shape index (κ3) is 8.53. The second kappa shape index (κ2) is 10.1. The van der Waals surface area contributed by atoms with Gasteiger partial charge in [-0.2, -0.15) is 0 Å². The zero-order valence-corrected chi connectivity index (χ0v) is 15.5. The Morgan fingerprint density at radius 2 is 1.70 bits per heavy atom. The van der Waals surface area contributed by atoms with Gasteiger partial charge in [0.25, 0.3) is 0 Å². The average Bonchev–Trinajstić information content (AvgIpc) is 2.48. The van der Waals surface area contributed by atoms with Crippen LogP contribution >= 0.6 is 0 Å². The quantitative estimate of drug-likeness (QED) is 0.599. The van der Waals surface area contributed by atoms with Gasteiger partial charge >= 0.3 is 0 Å². The zero-order valence-electron chi connectivity index (χ0n) is 13.9. The lowest BCUT2D eigenvalue weighted by atomic mass is 10.2. The summed E-state index contributed by atoms with van der Waals surface area (Å²) in [7, 11) is -3.80. The molecule has 23 heavy (non-hydrogen) atoms. The molecule has 0 atom stereocenters. The summed E-state index contributed by atoms with van der Waals surface area (Å²) < 4.78 is 31.2. The molecular weight excluding hydrogens is 332 g/mol. The highest BCUT2D eigenvalue weighted by Crippen LogP contribution is 2.14. The molecule has 1 aliphatic rings. The van der Waals surface area contributed by atoms with Crippen LogP contribution in [0.3, 0.4) is 0 Å². The van der Waals surface area contributed by atoms with Crippen LogP contribution in [0.4, 0.5) is 0 Å². The van der Waals surface area contributed by atoms with Crippen molar-refractivity contribution in [3.8, 4) is 0 Å². The molecule has 130 valence electrons. The highest BCUT2D eigenvalue weighted by molar-refractivity contribution is 7.97. The normalized spacial score (nSPS) is 15.6. The molecule has 4 nitrogen and oxygen atoms in total. The van der Waals surface area contributed by atoms with Crippen molar-refractivity contribution in [2.45, 2.75) is 50.8 Å². The first-order valence-corrected chi connectivity index (χ1v) is 11.2. The van der Waals surface area contributed by atoms with Crippen molar-refractivity contribution in [3.63, 3.8) is 0 Å². The van der Waals surface area contributed by atoms with Gasteiger partial charge < -0.3 is 4.55 Å².